The zero-order valence-corrected chi connectivity index (χ0v) is 12.3. The number of nitrogens with one attached hydrogen (secondary N) is 1. The Hall–Kier alpha value is -2.37. The first kappa shape index (κ1) is 15.0. The Morgan fingerprint density at radius 3 is 2.81 bits per heavy atom. The van der Waals surface area contributed by atoms with Gasteiger partial charge in [0.05, 0.1) is 23.5 Å². The fourth-order valence-corrected chi connectivity index (χ4v) is 3.01. The first-order chi connectivity index (χ1) is 9.92. The van der Waals surface area contributed by atoms with Crippen LogP contribution in [0.15, 0.2) is 35.5 Å². The first-order valence-electron chi connectivity index (χ1n) is 6.19. The lowest BCUT2D eigenvalue weighted by Crippen LogP contribution is -2.26. The van der Waals surface area contributed by atoms with Crippen LogP contribution in [-0.4, -0.2) is 24.7 Å². The number of nitriles is 1. The molecular formula is C13H15N5O2S. The molecule has 1 aromatic carbocycles. The summed E-state index contributed by atoms with van der Waals surface area (Å²) in [5.74, 6) is 0. The summed E-state index contributed by atoms with van der Waals surface area (Å²) in [4.78, 5) is -0.0207. The SMILES string of the molecule is Cn1cc(CCNS(=O)(=O)c2ccc(C#N)cc2N)cn1. The van der Waals surface area contributed by atoms with Crippen molar-refractivity contribution in [3.63, 3.8) is 0 Å². The van der Waals surface area contributed by atoms with E-state index in [0.29, 0.717) is 12.0 Å². The fourth-order valence-electron chi connectivity index (χ4n) is 1.87. The van der Waals surface area contributed by atoms with Crippen molar-refractivity contribution in [3.8, 4) is 6.07 Å². The lowest BCUT2D eigenvalue weighted by atomic mass is 10.2. The maximum atomic E-state index is 12.2. The molecule has 1 heterocycles. The lowest BCUT2D eigenvalue weighted by molar-refractivity contribution is 0.582. The van der Waals surface area contributed by atoms with Gasteiger partial charge in [-0.05, 0) is 30.2 Å². The van der Waals surface area contributed by atoms with Crippen molar-refractivity contribution in [3.05, 3.63) is 41.7 Å². The molecule has 8 heteroatoms. The first-order valence-corrected chi connectivity index (χ1v) is 7.67. The largest absolute Gasteiger partial charge is 0.398 e. The number of sulfonamides is 1. The van der Waals surface area contributed by atoms with E-state index in [9.17, 15) is 8.42 Å². The van der Waals surface area contributed by atoms with Crippen LogP contribution in [0.2, 0.25) is 0 Å². The van der Waals surface area contributed by atoms with Gasteiger partial charge in [-0.2, -0.15) is 10.4 Å². The molecule has 2 aromatic rings. The van der Waals surface area contributed by atoms with Crippen LogP contribution in [0.5, 0.6) is 0 Å². The topological polar surface area (TPSA) is 114 Å². The van der Waals surface area contributed by atoms with Gasteiger partial charge in [0.2, 0.25) is 10.0 Å². The average Bonchev–Trinajstić information content (AvgIpc) is 2.83. The second kappa shape index (κ2) is 5.95. The van der Waals surface area contributed by atoms with Crippen molar-refractivity contribution < 1.29 is 8.42 Å². The predicted octanol–water partition coefficient (Wildman–Crippen LogP) is 0.395. The highest BCUT2D eigenvalue weighted by atomic mass is 32.2. The fraction of sp³-hybridized carbons (Fsp3) is 0.231. The Labute approximate surface area is 123 Å². The normalized spacial score (nSPS) is 11.2. The molecule has 1 aromatic heterocycles. The minimum Gasteiger partial charge on any atom is -0.398 e. The van der Waals surface area contributed by atoms with Crippen LogP contribution in [-0.2, 0) is 23.5 Å². The molecule has 3 N–H and O–H groups in total. The molecule has 0 aliphatic rings. The summed E-state index contributed by atoms with van der Waals surface area (Å²) < 4.78 is 28.4. The molecule has 0 saturated heterocycles. The van der Waals surface area contributed by atoms with Crippen molar-refractivity contribution in [1.29, 1.82) is 5.26 Å². The Bertz CT molecular complexity index is 789. The monoisotopic (exact) mass is 305 g/mol. The lowest BCUT2D eigenvalue weighted by Gasteiger charge is -2.08. The molecule has 2 rings (SSSR count). The third-order valence-electron chi connectivity index (χ3n) is 2.89. The van der Waals surface area contributed by atoms with Crippen molar-refractivity contribution in [2.75, 3.05) is 12.3 Å². The average molecular weight is 305 g/mol. The molecule has 7 nitrogen and oxygen atoms in total. The highest BCUT2D eigenvalue weighted by molar-refractivity contribution is 7.89. The molecule has 0 aliphatic carbocycles. The molecule has 0 fully saturated rings. The molecule has 0 spiro atoms. The quantitative estimate of drug-likeness (QED) is 0.776. The van der Waals surface area contributed by atoms with Crippen LogP contribution in [0.25, 0.3) is 0 Å². The van der Waals surface area contributed by atoms with E-state index in [2.05, 4.69) is 9.82 Å². The summed E-state index contributed by atoms with van der Waals surface area (Å²) in [5.41, 5.74) is 7.00. The Morgan fingerprint density at radius 1 is 1.48 bits per heavy atom. The van der Waals surface area contributed by atoms with Gasteiger partial charge in [0.1, 0.15) is 4.90 Å². The summed E-state index contributed by atoms with van der Waals surface area (Å²) in [6.45, 7) is 0.244. The molecule has 21 heavy (non-hydrogen) atoms. The summed E-state index contributed by atoms with van der Waals surface area (Å²) in [6, 6.07) is 6.01. The number of nitrogens with two attached hydrogens (primary N) is 1. The van der Waals surface area contributed by atoms with Gasteiger partial charge < -0.3 is 5.73 Å². The van der Waals surface area contributed by atoms with Crippen LogP contribution in [0.1, 0.15) is 11.1 Å². The predicted molar refractivity (Wildman–Crippen MR) is 77.7 cm³/mol. The number of hydrogen-bond donors (Lipinski definition) is 2. The van der Waals surface area contributed by atoms with Crippen LogP contribution in [0, 0.1) is 11.3 Å². The number of benzene rings is 1. The third kappa shape index (κ3) is 3.59. The van der Waals surface area contributed by atoms with Gasteiger partial charge in [-0.25, -0.2) is 13.1 Å². The second-order valence-corrected chi connectivity index (χ2v) is 6.27. The van der Waals surface area contributed by atoms with Gasteiger partial charge >= 0.3 is 0 Å². The minimum atomic E-state index is -3.69. The maximum absolute atomic E-state index is 12.2. The summed E-state index contributed by atoms with van der Waals surface area (Å²) in [7, 11) is -1.89. The zero-order chi connectivity index (χ0) is 15.5. The standard InChI is InChI=1S/C13H15N5O2S/c1-18-9-11(8-16-18)4-5-17-21(19,20)13-3-2-10(7-14)6-12(13)15/h2-3,6,8-9,17H,4-5,15H2,1H3. The summed E-state index contributed by atoms with van der Waals surface area (Å²) >= 11 is 0. The van der Waals surface area contributed by atoms with E-state index in [-0.39, 0.29) is 17.1 Å². The van der Waals surface area contributed by atoms with Crippen LogP contribution in [0.3, 0.4) is 0 Å². The van der Waals surface area contributed by atoms with E-state index in [0.717, 1.165) is 5.56 Å². The van der Waals surface area contributed by atoms with Crippen LogP contribution >= 0.6 is 0 Å². The minimum absolute atomic E-state index is 0.0207. The molecule has 110 valence electrons. The summed E-state index contributed by atoms with van der Waals surface area (Å²) in [6.07, 6.45) is 4.04. The van der Waals surface area contributed by atoms with E-state index in [1.165, 1.54) is 18.2 Å². The smallest absolute Gasteiger partial charge is 0.242 e. The molecule has 0 saturated carbocycles. The van der Waals surface area contributed by atoms with Crippen LogP contribution in [0.4, 0.5) is 5.69 Å². The van der Waals surface area contributed by atoms with Gasteiger partial charge in [-0.3, -0.25) is 4.68 Å². The van der Waals surface area contributed by atoms with Crippen LogP contribution < -0.4 is 10.5 Å². The van der Waals surface area contributed by atoms with E-state index in [4.69, 9.17) is 11.0 Å². The van der Waals surface area contributed by atoms with E-state index >= 15 is 0 Å². The van der Waals surface area contributed by atoms with E-state index < -0.39 is 10.0 Å². The molecule has 0 bridgehead atoms. The third-order valence-corrected chi connectivity index (χ3v) is 4.43. The number of rotatable bonds is 5. The number of anilines is 1. The highest BCUT2D eigenvalue weighted by Gasteiger charge is 2.17. The molecular weight excluding hydrogens is 290 g/mol. The number of nitrogens with zero attached hydrogens (tertiary/aromatic N) is 3. The van der Waals surface area contributed by atoms with Gasteiger partial charge in [-0.1, -0.05) is 0 Å². The van der Waals surface area contributed by atoms with Gasteiger partial charge in [0, 0.05) is 19.8 Å². The number of aryl methyl sites for hydroxylation is 1. The van der Waals surface area contributed by atoms with E-state index in [1.54, 1.807) is 17.9 Å². The second-order valence-electron chi connectivity index (χ2n) is 4.53. The maximum Gasteiger partial charge on any atom is 0.242 e. The van der Waals surface area contributed by atoms with E-state index in [1.807, 2.05) is 12.3 Å². The molecule has 0 amide bonds. The van der Waals surface area contributed by atoms with Gasteiger partial charge in [0.15, 0.2) is 0 Å². The van der Waals surface area contributed by atoms with Crippen molar-refractivity contribution in [1.82, 2.24) is 14.5 Å². The molecule has 0 atom stereocenters. The van der Waals surface area contributed by atoms with Gasteiger partial charge in [-0.15, -0.1) is 0 Å². The number of nitrogen functional groups attached to an aromatic ring is 1. The Kier molecular flexibility index (Phi) is 4.26. The molecule has 0 aliphatic heterocycles. The number of hydrogen-bond acceptors (Lipinski definition) is 5. The van der Waals surface area contributed by atoms with Crippen molar-refractivity contribution >= 4 is 15.7 Å². The summed E-state index contributed by atoms with van der Waals surface area (Å²) in [5, 5.41) is 12.8. The van der Waals surface area contributed by atoms with Gasteiger partial charge in [0.25, 0.3) is 0 Å². The van der Waals surface area contributed by atoms with Crippen molar-refractivity contribution in [2.45, 2.75) is 11.3 Å². The molecule has 0 unspecified atom stereocenters. The Balaban J connectivity index is 2.06. The Morgan fingerprint density at radius 2 is 2.24 bits per heavy atom. The number of aromatic nitrogens is 2. The zero-order valence-electron chi connectivity index (χ0n) is 11.4. The highest BCUT2D eigenvalue weighted by Crippen LogP contribution is 2.19. The van der Waals surface area contributed by atoms with Crippen molar-refractivity contribution in [2.24, 2.45) is 7.05 Å². The molecule has 0 radical (unpaired) electrons.